The molecule has 3 aliphatic carbocycles. The van der Waals surface area contributed by atoms with Gasteiger partial charge in [-0.05, 0) is 46.5 Å². The fourth-order valence-corrected chi connectivity index (χ4v) is 6.30. The summed E-state index contributed by atoms with van der Waals surface area (Å²) in [4.78, 5) is 27.2. The Morgan fingerprint density at radius 2 is 1.31 bits per heavy atom. The summed E-state index contributed by atoms with van der Waals surface area (Å²) >= 11 is 6.09. The maximum Gasteiger partial charge on any atom is 0.254 e. The Bertz CT molecular complexity index is 1440. The molecule has 2 amide bonds. The van der Waals surface area contributed by atoms with E-state index < -0.39 is 11.8 Å². The second-order valence-corrected chi connectivity index (χ2v) is 9.65. The Morgan fingerprint density at radius 3 is 1.86 bits per heavy atom. The van der Waals surface area contributed by atoms with Gasteiger partial charge < -0.3 is 4.42 Å². The van der Waals surface area contributed by atoms with Crippen molar-refractivity contribution in [2.45, 2.75) is 11.8 Å². The molecule has 2 bridgehead atoms. The van der Waals surface area contributed by atoms with Crippen LogP contribution in [-0.4, -0.2) is 23.0 Å². The summed E-state index contributed by atoms with van der Waals surface area (Å²) in [6.07, 6.45) is 1.43. The number of benzene rings is 3. The lowest BCUT2D eigenvalue weighted by molar-refractivity contribution is -0.139. The Labute approximate surface area is 206 Å². The largest absolute Gasteiger partial charge is 0.455 e. The SMILES string of the molecule is O=C1[C@@H]2C3c4ccccc4C(c4ccccc43)[C@H]2C(=O)N1/N=C\c1ccc(-c2cccc(Cl)c2)o1. The average Bonchev–Trinajstić information content (AvgIpc) is 3.46. The van der Waals surface area contributed by atoms with Crippen LogP contribution in [0.3, 0.4) is 0 Å². The molecule has 0 radical (unpaired) electrons. The van der Waals surface area contributed by atoms with Crippen molar-refractivity contribution in [1.82, 2.24) is 5.01 Å². The zero-order valence-electron chi connectivity index (χ0n) is 18.5. The minimum absolute atomic E-state index is 0.146. The molecule has 4 aliphatic rings. The summed E-state index contributed by atoms with van der Waals surface area (Å²) in [5, 5.41) is 5.98. The number of carbonyl (C=O) groups is 2. The van der Waals surface area contributed by atoms with Crippen LogP contribution in [0.2, 0.25) is 5.02 Å². The van der Waals surface area contributed by atoms with Gasteiger partial charge in [-0.1, -0.05) is 72.3 Å². The zero-order chi connectivity index (χ0) is 23.7. The number of nitrogens with zero attached hydrogens (tertiary/aromatic N) is 2. The number of imide groups is 1. The molecule has 2 atom stereocenters. The molecule has 0 saturated carbocycles. The highest BCUT2D eigenvalue weighted by Gasteiger charge is 2.61. The van der Waals surface area contributed by atoms with Gasteiger partial charge >= 0.3 is 0 Å². The predicted octanol–water partition coefficient (Wildman–Crippen LogP) is 5.83. The first-order valence-electron chi connectivity index (χ1n) is 11.6. The first kappa shape index (κ1) is 20.4. The number of hydrogen-bond donors (Lipinski definition) is 0. The van der Waals surface area contributed by atoms with Crippen molar-refractivity contribution in [3.63, 3.8) is 0 Å². The Morgan fingerprint density at radius 1 is 0.743 bits per heavy atom. The topological polar surface area (TPSA) is 62.9 Å². The summed E-state index contributed by atoms with van der Waals surface area (Å²) in [6.45, 7) is 0. The number of halogens is 1. The van der Waals surface area contributed by atoms with Gasteiger partial charge in [0.05, 0.1) is 18.1 Å². The lowest BCUT2D eigenvalue weighted by Crippen LogP contribution is -2.41. The quantitative estimate of drug-likeness (QED) is 0.275. The monoisotopic (exact) mass is 478 g/mol. The van der Waals surface area contributed by atoms with Crippen molar-refractivity contribution in [2.75, 3.05) is 0 Å². The van der Waals surface area contributed by atoms with Crippen molar-refractivity contribution in [1.29, 1.82) is 0 Å². The molecule has 0 N–H and O–H groups in total. The van der Waals surface area contributed by atoms with Crippen LogP contribution in [0.15, 0.2) is 94.4 Å². The molecule has 8 rings (SSSR count). The lowest BCUT2D eigenvalue weighted by Gasteiger charge is -2.45. The molecule has 1 fully saturated rings. The highest BCUT2D eigenvalue weighted by Crippen LogP contribution is 2.60. The van der Waals surface area contributed by atoms with E-state index in [0.717, 1.165) is 32.8 Å². The third-order valence-corrected chi connectivity index (χ3v) is 7.70. The third-order valence-electron chi connectivity index (χ3n) is 7.46. The van der Waals surface area contributed by atoms with Crippen LogP contribution in [0, 0.1) is 11.8 Å². The number of hydrazone groups is 1. The number of furan rings is 1. The van der Waals surface area contributed by atoms with E-state index in [2.05, 4.69) is 29.4 Å². The van der Waals surface area contributed by atoms with Crippen LogP contribution in [0.4, 0.5) is 0 Å². The minimum atomic E-state index is -0.451. The summed E-state index contributed by atoms with van der Waals surface area (Å²) in [5.41, 5.74) is 5.40. The highest BCUT2D eigenvalue weighted by molar-refractivity contribution is 6.30. The first-order chi connectivity index (χ1) is 17.1. The van der Waals surface area contributed by atoms with Gasteiger partial charge in [-0.15, -0.1) is 0 Å². The van der Waals surface area contributed by atoms with E-state index in [0.29, 0.717) is 16.5 Å². The number of amides is 2. The molecule has 3 aromatic carbocycles. The summed E-state index contributed by atoms with van der Waals surface area (Å²) in [7, 11) is 0. The van der Waals surface area contributed by atoms with Gasteiger partial charge in [0.2, 0.25) is 0 Å². The molecule has 170 valence electrons. The zero-order valence-corrected chi connectivity index (χ0v) is 19.2. The molecule has 1 aromatic heterocycles. The third kappa shape index (κ3) is 2.91. The van der Waals surface area contributed by atoms with Gasteiger partial charge in [-0.3, -0.25) is 9.59 Å². The maximum atomic E-state index is 13.6. The minimum Gasteiger partial charge on any atom is -0.455 e. The Hall–Kier alpha value is -3.96. The van der Waals surface area contributed by atoms with Gasteiger partial charge in [0.25, 0.3) is 11.8 Å². The van der Waals surface area contributed by atoms with Crippen molar-refractivity contribution in [2.24, 2.45) is 16.9 Å². The smallest absolute Gasteiger partial charge is 0.254 e. The van der Waals surface area contributed by atoms with E-state index in [1.54, 1.807) is 12.1 Å². The second kappa shape index (κ2) is 7.52. The molecule has 1 aliphatic heterocycles. The molecule has 2 heterocycles. The standard InChI is InChI=1S/C29H19ClN2O3/c30-17-7-5-6-16(14-17)23-13-12-18(35-23)15-31-32-28(33)26-24-19-8-1-2-9-20(19)25(27(26)29(32)34)22-11-4-3-10-21(22)24/h1-15,24-27H/b31-15-/t24?,25?,26-,27-/m1/s1. The van der Waals surface area contributed by atoms with Crippen molar-refractivity contribution >= 4 is 29.6 Å². The first-order valence-corrected chi connectivity index (χ1v) is 11.9. The van der Waals surface area contributed by atoms with Crippen LogP contribution in [-0.2, 0) is 9.59 Å². The number of hydrogen-bond acceptors (Lipinski definition) is 4. The summed E-state index contributed by atoms with van der Waals surface area (Å²) in [5.74, 6) is -0.621. The molecular formula is C29H19ClN2O3. The average molecular weight is 479 g/mol. The second-order valence-electron chi connectivity index (χ2n) is 9.21. The van der Waals surface area contributed by atoms with Crippen molar-refractivity contribution in [3.8, 4) is 11.3 Å². The molecule has 6 heteroatoms. The van der Waals surface area contributed by atoms with E-state index in [1.165, 1.54) is 6.21 Å². The fourth-order valence-electron chi connectivity index (χ4n) is 6.11. The van der Waals surface area contributed by atoms with Crippen LogP contribution >= 0.6 is 11.6 Å². The number of rotatable bonds is 3. The van der Waals surface area contributed by atoms with E-state index in [9.17, 15) is 9.59 Å². The Kier molecular flexibility index (Phi) is 4.39. The predicted molar refractivity (Wildman–Crippen MR) is 132 cm³/mol. The normalized spacial score (nSPS) is 24.1. The van der Waals surface area contributed by atoms with E-state index in [1.807, 2.05) is 48.5 Å². The molecular weight excluding hydrogens is 460 g/mol. The van der Waals surface area contributed by atoms with Crippen LogP contribution < -0.4 is 0 Å². The summed E-state index contributed by atoms with van der Waals surface area (Å²) < 4.78 is 5.87. The van der Waals surface area contributed by atoms with E-state index in [4.69, 9.17) is 16.0 Å². The lowest BCUT2D eigenvalue weighted by atomic mass is 9.55. The number of carbonyl (C=O) groups excluding carboxylic acids is 2. The van der Waals surface area contributed by atoms with Gasteiger partial charge in [-0.25, -0.2) is 0 Å². The van der Waals surface area contributed by atoms with Crippen molar-refractivity contribution in [3.05, 3.63) is 118 Å². The molecule has 5 nitrogen and oxygen atoms in total. The molecule has 1 saturated heterocycles. The maximum absolute atomic E-state index is 13.6. The van der Waals surface area contributed by atoms with E-state index >= 15 is 0 Å². The van der Waals surface area contributed by atoms with Crippen LogP contribution in [0.1, 0.15) is 39.8 Å². The molecule has 35 heavy (non-hydrogen) atoms. The van der Waals surface area contributed by atoms with E-state index in [-0.39, 0.29) is 23.7 Å². The molecule has 4 aromatic rings. The van der Waals surface area contributed by atoms with Crippen LogP contribution in [0.25, 0.3) is 11.3 Å². The molecule has 0 spiro atoms. The summed E-state index contributed by atoms with van der Waals surface area (Å²) in [6, 6.07) is 27.3. The van der Waals surface area contributed by atoms with Crippen LogP contribution in [0.5, 0.6) is 0 Å². The van der Waals surface area contributed by atoms with Gasteiger partial charge in [0.1, 0.15) is 11.5 Å². The highest BCUT2D eigenvalue weighted by atomic mass is 35.5. The fraction of sp³-hybridized carbons (Fsp3) is 0.138. The van der Waals surface area contributed by atoms with Gasteiger partial charge in [0.15, 0.2) is 0 Å². The van der Waals surface area contributed by atoms with Gasteiger partial charge in [-0.2, -0.15) is 10.1 Å². The Balaban J connectivity index is 1.24. The van der Waals surface area contributed by atoms with Gasteiger partial charge in [0, 0.05) is 22.4 Å². The van der Waals surface area contributed by atoms with Crippen molar-refractivity contribution < 1.29 is 14.0 Å². The molecule has 0 unspecified atom stereocenters.